The first-order valence-electron chi connectivity index (χ1n) is 6.46. The molecule has 0 aliphatic heterocycles. The van der Waals surface area contributed by atoms with E-state index in [9.17, 15) is 0 Å². The molecular weight excluding hydrogens is 254 g/mol. The highest BCUT2D eigenvalue weighted by Gasteiger charge is 2.12. The van der Waals surface area contributed by atoms with E-state index < -0.39 is 0 Å². The maximum absolute atomic E-state index is 6.02. The zero-order valence-electron chi connectivity index (χ0n) is 11.6. The van der Waals surface area contributed by atoms with Gasteiger partial charge < -0.3 is 15.0 Å². The summed E-state index contributed by atoms with van der Waals surface area (Å²) in [7, 11) is 3.55. The predicted octanol–water partition coefficient (Wildman–Crippen LogP) is 1.60. The van der Waals surface area contributed by atoms with Gasteiger partial charge in [-0.25, -0.2) is 4.98 Å². The van der Waals surface area contributed by atoms with Crippen molar-refractivity contribution in [2.24, 2.45) is 7.05 Å². The fraction of sp³-hybridized carbons (Fsp3) is 0.286. The van der Waals surface area contributed by atoms with Crippen LogP contribution in [0.4, 0.5) is 5.95 Å². The number of imidazole rings is 1. The van der Waals surface area contributed by atoms with Crippen molar-refractivity contribution in [2.75, 3.05) is 12.8 Å². The summed E-state index contributed by atoms with van der Waals surface area (Å²) in [5.41, 5.74) is 8.84. The first-order chi connectivity index (χ1) is 9.69. The lowest BCUT2D eigenvalue weighted by molar-refractivity contribution is 0.419. The fourth-order valence-corrected chi connectivity index (χ4v) is 2.36. The van der Waals surface area contributed by atoms with Gasteiger partial charge in [0.25, 0.3) is 0 Å². The molecule has 0 saturated carbocycles. The van der Waals surface area contributed by atoms with Crippen molar-refractivity contribution in [3.8, 4) is 5.75 Å². The minimum atomic E-state index is 0.500. The SMILES string of the molecule is COc1cccc2c1nc(N)n2CCc1ccn(C)n1. The van der Waals surface area contributed by atoms with Crippen molar-refractivity contribution >= 4 is 17.0 Å². The molecule has 0 saturated heterocycles. The lowest BCUT2D eigenvalue weighted by atomic mass is 10.2. The molecule has 0 amide bonds. The van der Waals surface area contributed by atoms with Gasteiger partial charge in [0.2, 0.25) is 5.95 Å². The van der Waals surface area contributed by atoms with Crippen LogP contribution in [0.2, 0.25) is 0 Å². The molecular formula is C14H17N5O. The average Bonchev–Trinajstić information content (AvgIpc) is 2.99. The summed E-state index contributed by atoms with van der Waals surface area (Å²) in [6.07, 6.45) is 2.75. The molecule has 104 valence electrons. The smallest absolute Gasteiger partial charge is 0.201 e. The van der Waals surface area contributed by atoms with Gasteiger partial charge >= 0.3 is 0 Å². The Morgan fingerprint density at radius 2 is 2.15 bits per heavy atom. The van der Waals surface area contributed by atoms with Crippen LogP contribution < -0.4 is 10.5 Å². The van der Waals surface area contributed by atoms with Crippen LogP contribution in [0, 0.1) is 0 Å². The number of benzene rings is 1. The normalized spacial score (nSPS) is 11.1. The lowest BCUT2D eigenvalue weighted by Crippen LogP contribution is -2.06. The van der Waals surface area contributed by atoms with Crippen LogP contribution in [-0.2, 0) is 20.0 Å². The molecule has 2 aromatic heterocycles. The Morgan fingerprint density at radius 3 is 2.85 bits per heavy atom. The summed E-state index contributed by atoms with van der Waals surface area (Å²) in [6.45, 7) is 0.743. The minimum Gasteiger partial charge on any atom is -0.494 e. The highest BCUT2D eigenvalue weighted by molar-refractivity contribution is 5.84. The number of hydrogen-bond donors (Lipinski definition) is 1. The van der Waals surface area contributed by atoms with Gasteiger partial charge in [0, 0.05) is 26.2 Å². The first-order valence-corrected chi connectivity index (χ1v) is 6.46. The summed E-state index contributed by atoms with van der Waals surface area (Å²) in [6, 6.07) is 7.84. The molecule has 0 aliphatic carbocycles. The largest absolute Gasteiger partial charge is 0.494 e. The molecule has 0 unspecified atom stereocenters. The Balaban J connectivity index is 1.93. The molecule has 3 rings (SSSR count). The molecule has 0 radical (unpaired) electrons. The summed E-state index contributed by atoms with van der Waals surface area (Å²) >= 11 is 0. The maximum Gasteiger partial charge on any atom is 0.201 e. The summed E-state index contributed by atoms with van der Waals surface area (Å²) in [5.74, 6) is 1.24. The average molecular weight is 271 g/mol. The van der Waals surface area contributed by atoms with Crippen molar-refractivity contribution in [2.45, 2.75) is 13.0 Å². The predicted molar refractivity (Wildman–Crippen MR) is 77.6 cm³/mol. The Morgan fingerprint density at radius 1 is 1.30 bits per heavy atom. The number of ether oxygens (including phenoxy) is 1. The molecule has 6 heteroatoms. The van der Waals surface area contributed by atoms with Gasteiger partial charge in [-0.05, 0) is 18.2 Å². The Kier molecular flexibility index (Phi) is 3.06. The molecule has 0 fully saturated rings. The molecule has 0 spiro atoms. The number of rotatable bonds is 4. The van der Waals surface area contributed by atoms with E-state index in [0.717, 1.165) is 35.4 Å². The third-order valence-electron chi connectivity index (χ3n) is 3.35. The van der Waals surface area contributed by atoms with Crippen LogP contribution in [0.3, 0.4) is 0 Å². The topological polar surface area (TPSA) is 70.9 Å². The van der Waals surface area contributed by atoms with E-state index in [1.165, 1.54) is 0 Å². The van der Waals surface area contributed by atoms with Crippen LogP contribution in [-0.4, -0.2) is 26.4 Å². The van der Waals surface area contributed by atoms with Crippen molar-refractivity contribution in [1.29, 1.82) is 0 Å². The molecule has 3 aromatic rings. The van der Waals surface area contributed by atoms with E-state index in [-0.39, 0.29) is 0 Å². The van der Waals surface area contributed by atoms with E-state index in [0.29, 0.717) is 5.95 Å². The molecule has 0 aliphatic rings. The van der Waals surface area contributed by atoms with Crippen molar-refractivity contribution in [3.63, 3.8) is 0 Å². The minimum absolute atomic E-state index is 0.500. The molecule has 2 heterocycles. The third kappa shape index (κ3) is 2.09. The number of anilines is 1. The monoisotopic (exact) mass is 271 g/mol. The van der Waals surface area contributed by atoms with Gasteiger partial charge in [0.15, 0.2) is 0 Å². The van der Waals surface area contributed by atoms with E-state index >= 15 is 0 Å². The summed E-state index contributed by atoms with van der Waals surface area (Å²) in [5, 5.41) is 4.37. The number of aromatic nitrogens is 4. The van der Waals surface area contributed by atoms with Gasteiger partial charge in [0.1, 0.15) is 11.3 Å². The van der Waals surface area contributed by atoms with Crippen LogP contribution >= 0.6 is 0 Å². The number of methoxy groups -OCH3 is 1. The number of nitrogens with two attached hydrogens (primary N) is 1. The van der Waals surface area contributed by atoms with Crippen LogP contribution in [0.1, 0.15) is 5.69 Å². The number of nitrogens with zero attached hydrogens (tertiary/aromatic N) is 4. The number of nitrogen functional groups attached to an aromatic ring is 1. The van der Waals surface area contributed by atoms with Crippen molar-refractivity contribution in [1.82, 2.24) is 19.3 Å². The highest BCUT2D eigenvalue weighted by Crippen LogP contribution is 2.26. The van der Waals surface area contributed by atoms with Crippen LogP contribution in [0.25, 0.3) is 11.0 Å². The maximum atomic E-state index is 6.02. The summed E-state index contributed by atoms with van der Waals surface area (Å²) < 4.78 is 9.11. The van der Waals surface area contributed by atoms with Gasteiger partial charge in [-0.15, -0.1) is 0 Å². The molecule has 0 bridgehead atoms. The molecule has 0 atom stereocenters. The Labute approximate surface area is 116 Å². The standard InChI is InChI=1S/C14H17N5O/c1-18-8-6-10(17-18)7-9-19-11-4-3-5-12(20-2)13(11)16-14(19)15/h3-6,8H,7,9H2,1-2H3,(H2,15,16). The van der Waals surface area contributed by atoms with Crippen LogP contribution in [0.5, 0.6) is 5.75 Å². The molecule has 2 N–H and O–H groups in total. The van der Waals surface area contributed by atoms with Gasteiger partial charge in [-0.3, -0.25) is 4.68 Å². The quantitative estimate of drug-likeness (QED) is 0.782. The van der Waals surface area contributed by atoms with Gasteiger partial charge in [-0.2, -0.15) is 5.10 Å². The van der Waals surface area contributed by atoms with E-state index in [1.54, 1.807) is 11.8 Å². The molecule has 20 heavy (non-hydrogen) atoms. The van der Waals surface area contributed by atoms with Gasteiger partial charge in [-0.1, -0.05) is 6.07 Å². The van der Waals surface area contributed by atoms with E-state index in [2.05, 4.69) is 10.1 Å². The first kappa shape index (κ1) is 12.5. The van der Waals surface area contributed by atoms with Crippen molar-refractivity contribution < 1.29 is 4.74 Å². The van der Waals surface area contributed by atoms with E-state index in [4.69, 9.17) is 10.5 Å². The zero-order chi connectivity index (χ0) is 14.1. The highest BCUT2D eigenvalue weighted by atomic mass is 16.5. The molecule has 6 nitrogen and oxygen atoms in total. The lowest BCUT2D eigenvalue weighted by Gasteiger charge is -2.05. The number of fused-ring (bicyclic) bond motifs is 1. The second kappa shape index (κ2) is 4.88. The van der Waals surface area contributed by atoms with Crippen molar-refractivity contribution in [3.05, 3.63) is 36.2 Å². The fourth-order valence-electron chi connectivity index (χ4n) is 2.36. The summed E-state index contributed by atoms with van der Waals surface area (Å²) in [4.78, 5) is 4.39. The Hall–Kier alpha value is -2.50. The van der Waals surface area contributed by atoms with Gasteiger partial charge in [0.05, 0.1) is 18.3 Å². The molecule has 1 aromatic carbocycles. The number of hydrogen-bond acceptors (Lipinski definition) is 4. The second-order valence-corrected chi connectivity index (χ2v) is 4.68. The second-order valence-electron chi connectivity index (χ2n) is 4.68. The van der Waals surface area contributed by atoms with E-state index in [1.807, 2.05) is 42.1 Å². The number of aryl methyl sites for hydroxylation is 3. The van der Waals surface area contributed by atoms with Crippen LogP contribution in [0.15, 0.2) is 30.5 Å². The Bertz CT molecular complexity index is 743. The number of para-hydroxylation sites is 1. The zero-order valence-corrected chi connectivity index (χ0v) is 11.6. The third-order valence-corrected chi connectivity index (χ3v) is 3.35.